The van der Waals surface area contributed by atoms with Crippen molar-refractivity contribution >= 4 is 5.97 Å². The van der Waals surface area contributed by atoms with Crippen LogP contribution in [0.3, 0.4) is 0 Å². The average molecular weight is 179 g/mol. The summed E-state index contributed by atoms with van der Waals surface area (Å²) in [6, 6.07) is -0.690. The molecule has 0 unspecified atom stereocenters. The number of hydrogen-bond acceptors (Lipinski definition) is 2. The predicted octanol–water partition coefficient (Wildman–Crippen LogP) is 0.442. The first kappa shape index (κ1) is 12.8. The molecular formula is C6H13NO2Ti. The van der Waals surface area contributed by atoms with E-state index in [4.69, 9.17) is 10.8 Å². The van der Waals surface area contributed by atoms with Gasteiger partial charge in [-0.2, -0.15) is 0 Å². The molecule has 1 atom stereocenters. The molecule has 10 heavy (non-hydrogen) atoms. The van der Waals surface area contributed by atoms with Crippen LogP contribution in [-0.4, -0.2) is 17.1 Å². The maximum atomic E-state index is 10.1. The van der Waals surface area contributed by atoms with E-state index in [0.29, 0.717) is 12.3 Å². The second-order valence-electron chi connectivity index (χ2n) is 2.57. The van der Waals surface area contributed by atoms with Crippen LogP contribution >= 0.6 is 0 Å². The zero-order chi connectivity index (χ0) is 7.44. The molecule has 0 spiro atoms. The van der Waals surface area contributed by atoms with Gasteiger partial charge in [-0.05, 0) is 12.3 Å². The summed E-state index contributed by atoms with van der Waals surface area (Å²) in [5.41, 5.74) is 5.22. The second kappa shape index (κ2) is 5.89. The molecule has 0 amide bonds. The van der Waals surface area contributed by atoms with Crippen LogP contribution in [0.1, 0.15) is 20.3 Å². The molecule has 0 aliphatic rings. The van der Waals surface area contributed by atoms with Gasteiger partial charge in [0.25, 0.3) is 0 Å². The van der Waals surface area contributed by atoms with E-state index in [9.17, 15) is 4.79 Å². The predicted molar refractivity (Wildman–Crippen MR) is 35.1 cm³/mol. The van der Waals surface area contributed by atoms with Crippen LogP contribution in [-0.2, 0) is 26.5 Å². The van der Waals surface area contributed by atoms with Gasteiger partial charge in [0.15, 0.2) is 0 Å². The Hall–Kier alpha value is 0.144. The first-order valence-corrected chi connectivity index (χ1v) is 3.02. The normalized spacial score (nSPS) is 12.4. The van der Waals surface area contributed by atoms with Gasteiger partial charge in [-0.25, -0.2) is 0 Å². The summed E-state index contributed by atoms with van der Waals surface area (Å²) in [7, 11) is 0. The Kier molecular flexibility index (Phi) is 7.54. The molecule has 0 saturated carbocycles. The zero-order valence-corrected chi connectivity index (χ0v) is 7.86. The van der Waals surface area contributed by atoms with Crippen molar-refractivity contribution in [2.75, 3.05) is 0 Å². The summed E-state index contributed by atoms with van der Waals surface area (Å²) in [5, 5.41) is 8.31. The minimum absolute atomic E-state index is 0. The number of hydrogen-bond donors (Lipinski definition) is 2. The summed E-state index contributed by atoms with van der Waals surface area (Å²) in [6.07, 6.45) is 0.551. The summed E-state index contributed by atoms with van der Waals surface area (Å²) in [4.78, 5) is 10.1. The maximum absolute atomic E-state index is 10.1. The van der Waals surface area contributed by atoms with Gasteiger partial charge in [-0.15, -0.1) is 0 Å². The molecule has 0 aromatic carbocycles. The summed E-state index contributed by atoms with van der Waals surface area (Å²) < 4.78 is 0. The van der Waals surface area contributed by atoms with Crippen LogP contribution in [0.2, 0.25) is 0 Å². The van der Waals surface area contributed by atoms with Gasteiger partial charge in [0.1, 0.15) is 6.04 Å². The van der Waals surface area contributed by atoms with E-state index in [0.717, 1.165) is 0 Å². The Labute approximate surface area is 75.9 Å². The Morgan fingerprint density at radius 1 is 1.60 bits per heavy atom. The monoisotopic (exact) mass is 179 g/mol. The number of carboxylic acid groups (broad SMARTS) is 1. The first-order valence-electron chi connectivity index (χ1n) is 3.02. The van der Waals surface area contributed by atoms with Crippen LogP contribution in [0, 0.1) is 5.92 Å². The quantitative estimate of drug-likeness (QED) is 0.618. The Bertz CT molecular complexity index is 106. The molecule has 0 aromatic rings. The maximum Gasteiger partial charge on any atom is 0.320 e. The molecule has 0 aliphatic heterocycles. The van der Waals surface area contributed by atoms with Gasteiger partial charge in [0, 0.05) is 21.7 Å². The third-order valence-corrected chi connectivity index (χ3v) is 1.04. The van der Waals surface area contributed by atoms with Gasteiger partial charge in [-0.1, -0.05) is 13.8 Å². The van der Waals surface area contributed by atoms with Crippen LogP contribution in [0.25, 0.3) is 0 Å². The Morgan fingerprint density at radius 3 is 2.10 bits per heavy atom. The number of rotatable bonds is 3. The van der Waals surface area contributed by atoms with Crippen molar-refractivity contribution in [1.82, 2.24) is 0 Å². The third-order valence-electron chi connectivity index (χ3n) is 1.04. The van der Waals surface area contributed by atoms with Crippen molar-refractivity contribution in [2.24, 2.45) is 11.7 Å². The topological polar surface area (TPSA) is 63.3 Å². The van der Waals surface area contributed by atoms with Crippen molar-refractivity contribution < 1.29 is 31.6 Å². The minimum atomic E-state index is -0.913. The molecule has 0 rings (SSSR count). The first-order chi connectivity index (χ1) is 4.04. The summed E-state index contributed by atoms with van der Waals surface area (Å²) >= 11 is 0. The van der Waals surface area contributed by atoms with Crippen molar-refractivity contribution in [3.8, 4) is 0 Å². The SMILES string of the molecule is CC(C)C[C@H](N)C(=O)O.[Ti]. The largest absolute Gasteiger partial charge is 0.480 e. The van der Waals surface area contributed by atoms with E-state index < -0.39 is 12.0 Å². The molecule has 3 nitrogen and oxygen atoms in total. The molecular weight excluding hydrogens is 166 g/mol. The van der Waals surface area contributed by atoms with E-state index in [1.165, 1.54) is 0 Å². The molecule has 58 valence electrons. The van der Waals surface area contributed by atoms with Gasteiger partial charge in [0.2, 0.25) is 0 Å². The molecule has 0 bridgehead atoms. The number of nitrogens with two attached hydrogens (primary N) is 1. The van der Waals surface area contributed by atoms with E-state index in [1.54, 1.807) is 0 Å². The fourth-order valence-corrected chi connectivity index (χ4v) is 0.609. The average Bonchev–Trinajstić information content (AvgIpc) is 1.63. The standard InChI is InChI=1S/C6H13NO2.Ti/c1-4(2)3-5(7)6(8)9;/h4-5H,3,7H2,1-2H3,(H,8,9);/t5-;/m0./s1. The van der Waals surface area contributed by atoms with E-state index in [-0.39, 0.29) is 21.7 Å². The van der Waals surface area contributed by atoms with Crippen LogP contribution in [0.5, 0.6) is 0 Å². The molecule has 0 fully saturated rings. The fraction of sp³-hybridized carbons (Fsp3) is 0.833. The molecule has 3 N–H and O–H groups in total. The summed E-state index contributed by atoms with van der Waals surface area (Å²) in [6.45, 7) is 3.89. The molecule has 4 heteroatoms. The molecule has 0 heterocycles. The third kappa shape index (κ3) is 6.27. The van der Waals surface area contributed by atoms with E-state index >= 15 is 0 Å². The van der Waals surface area contributed by atoms with Gasteiger partial charge in [-0.3, -0.25) is 4.79 Å². The molecule has 0 saturated heterocycles. The second-order valence-corrected chi connectivity index (χ2v) is 2.57. The smallest absolute Gasteiger partial charge is 0.320 e. The number of aliphatic carboxylic acids is 1. The van der Waals surface area contributed by atoms with Crippen LogP contribution in [0.4, 0.5) is 0 Å². The molecule has 0 aliphatic carbocycles. The fourth-order valence-electron chi connectivity index (χ4n) is 0.609. The van der Waals surface area contributed by atoms with Crippen molar-refractivity contribution in [2.45, 2.75) is 26.3 Å². The molecule has 0 radical (unpaired) electrons. The van der Waals surface area contributed by atoms with Crippen molar-refractivity contribution in [3.63, 3.8) is 0 Å². The van der Waals surface area contributed by atoms with Gasteiger partial charge >= 0.3 is 5.97 Å². The Morgan fingerprint density at radius 2 is 2.00 bits per heavy atom. The number of carbonyl (C=O) groups is 1. The van der Waals surface area contributed by atoms with Crippen molar-refractivity contribution in [3.05, 3.63) is 0 Å². The number of carboxylic acids is 1. The van der Waals surface area contributed by atoms with Crippen LogP contribution in [0.15, 0.2) is 0 Å². The van der Waals surface area contributed by atoms with Gasteiger partial charge in [0.05, 0.1) is 0 Å². The van der Waals surface area contributed by atoms with E-state index in [1.807, 2.05) is 13.8 Å². The summed E-state index contributed by atoms with van der Waals surface area (Å²) in [5.74, 6) is -0.556. The van der Waals surface area contributed by atoms with E-state index in [2.05, 4.69) is 0 Å². The zero-order valence-electron chi connectivity index (χ0n) is 6.29. The van der Waals surface area contributed by atoms with Crippen LogP contribution < -0.4 is 5.73 Å². The minimum Gasteiger partial charge on any atom is -0.480 e. The van der Waals surface area contributed by atoms with Gasteiger partial charge < -0.3 is 10.8 Å². The Balaban J connectivity index is 0. The molecule has 0 aromatic heterocycles. The van der Waals surface area contributed by atoms with Crippen molar-refractivity contribution in [1.29, 1.82) is 0 Å².